The van der Waals surface area contributed by atoms with Crippen LogP contribution in [-0.4, -0.2) is 36.5 Å². The fraction of sp³-hybridized carbons (Fsp3) is 0.462. The fourth-order valence-corrected chi connectivity index (χ4v) is 4.19. The molecule has 0 spiro atoms. The molecule has 116 valence electrons. The van der Waals surface area contributed by atoms with E-state index in [1.807, 2.05) is 23.8 Å². The summed E-state index contributed by atoms with van der Waals surface area (Å²) in [5.41, 5.74) is 2.09. The number of aromatic nitrogens is 2. The molecule has 0 bridgehead atoms. The second-order valence-electron chi connectivity index (χ2n) is 4.80. The lowest BCUT2D eigenvalue weighted by atomic mass is 10.3. The Kier molecular flexibility index (Phi) is 5.15. The van der Waals surface area contributed by atoms with E-state index in [1.54, 1.807) is 25.3 Å². The minimum absolute atomic E-state index is 0.279. The topological polar surface area (TPSA) is 78.1 Å². The standard InChI is InChI=1S/C13H20N4O2S2/c1-4-14-7-12-13(10(2)15-16-12)21(18,19)17(3)8-11-5-6-20-9-11/h5-6,9,14H,4,7-8H2,1-3H3,(H,15,16). The van der Waals surface area contributed by atoms with Gasteiger partial charge < -0.3 is 5.32 Å². The predicted octanol–water partition coefficient (Wildman–Crippen LogP) is 1.71. The van der Waals surface area contributed by atoms with Crippen LogP contribution in [0.1, 0.15) is 23.9 Å². The number of aryl methyl sites for hydroxylation is 1. The SMILES string of the molecule is CCNCc1n[nH]c(C)c1S(=O)(=O)N(C)Cc1ccsc1. The summed E-state index contributed by atoms with van der Waals surface area (Å²) in [4.78, 5) is 0.279. The first-order valence-corrected chi connectivity index (χ1v) is 9.07. The van der Waals surface area contributed by atoms with Gasteiger partial charge in [0.05, 0.1) is 11.4 Å². The van der Waals surface area contributed by atoms with Crippen molar-refractivity contribution in [3.63, 3.8) is 0 Å². The van der Waals surface area contributed by atoms with E-state index in [2.05, 4.69) is 15.5 Å². The molecule has 0 fully saturated rings. The number of H-pyrrole nitrogens is 1. The van der Waals surface area contributed by atoms with Gasteiger partial charge in [-0.05, 0) is 35.9 Å². The van der Waals surface area contributed by atoms with E-state index in [0.717, 1.165) is 12.1 Å². The van der Waals surface area contributed by atoms with Gasteiger partial charge in [0.1, 0.15) is 4.90 Å². The van der Waals surface area contributed by atoms with Gasteiger partial charge in [-0.15, -0.1) is 0 Å². The van der Waals surface area contributed by atoms with E-state index in [4.69, 9.17) is 0 Å². The molecule has 2 rings (SSSR count). The van der Waals surface area contributed by atoms with Gasteiger partial charge in [0.2, 0.25) is 10.0 Å². The Hall–Kier alpha value is -1.22. The average Bonchev–Trinajstić information content (AvgIpc) is 3.06. The van der Waals surface area contributed by atoms with Crippen molar-refractivity contribution in [2.75, 3.05) is 13.6 Å². The summed E-state index contributed by atoms with van der Waals surface area (Å²) in [7, 11) is -1.97. The van der Waals surface area contributed by atoms with Crippen molar-refractivity contribution in [1.82, 2.24) is 19.8 Å². The molecule has 2 N–H and O–H groups in total. The summed E-state index contributed by atoms with van der Waals surface area (Å²) in [6, 6.07) is 1.93. The molecular weight excluding hydrogens is 308 g/mol. The Bertz CT molecular complexity index is 677. The Balaban J connectivity index is 2.28. The number of sulfonamides is 1. The Morgan fingerprint density at radius 3 is 2.86 bits per heavy atom. The summed E-state index contributed by atoms with van der Waals surface area (Å²) in [6.45, 7) is 5.25. The van der Waals surface area contributed by atoms with Gasteiger partial charge in [-0.1, -0.05) is 6.92 Å². The molecule has 0 saturated carbocycles. The van der Waals surface area contributed by atoms with Crippen LogP contribution in [0.25, 0.3) is 0 Å². The third kappa shape index (κ3) is 3.52. The molecule has 2 aromatic heterocycles. The number of hydrogen-bond acceptors (Lipinski definition) is 5. The highest BCUT2D eigenvalue weighted by atomic mass is 32.2. The molecule has 21 heavy (non-hydrogen) atoms. The Morgan fingerprint density at radius 1 is 1.48 bits per heavy atom. The van der Waals surface area contributed by atoms with Crippen molar-refractivity contribution in [3.8, 4) is 0 Å². The third-order valence-corrected chi connectivity index (χ3v) is 5.90. The molecule has 2 aromatic rings. The van der Waals surface area contributed by atoms with Gasteiger partial charge in [-0.25, -0.2) is 8.42 Å². The van der Waals surface area contributed by atoms with Gasteiger partial charge >= 0.3 is 0 Å². The number of thiophene rings is 1. The molecule has 0 amide bonds. The molecular formula is C13H20N4O2S2. The molecule has 2 heterocycles. The van der Waals surface area contributed by atoms with Crippen LogP contribution >= 0.6 is 11.3 Å². The van der Waals surface area contributed by atoms with Crippen molar-refractivity contribution in [2.45, 2.75) is 31.8 Å². The lowest BCUT2D eigenvalue weighted by molar-refractivity contribution is 0.465. The van der Waals surface area contributed by atoms with Crippen molar-refractivity contribution >= 4 is 21.4 Å². The van der Waals surface area contributed by atoms with E-state index < -0.39 is 10.0 Å². The zero-order chi connectivity index (χ0) is 15.5. The van der Waals surface area contributed by atoms with Gasteiger partial charge in [0, 0.05) is 20.1 Å². The molecule has 6 nitrogen and oxygen atoms in total. The minimum atomic E-state index is -3.56. The maximum atomic E-state index is 12.8. The number of hydrogen-bond donors (Lipinski definition) is 2. The molecule has 0 atom stereocenters. The van der Waals surface area contributed by atoms with Gasteiger partial charge in [-0.2, -0.15) is 20.7 Å². The van der Waals surface area contributed by atoms with Crippen molar-refractivity contribution in [1.29, 1.82) is 0 Å². The van der Waals surface area contributed by atoms with Gasteiger partial charge in [0.15, 0.2) is 0 Å². The molecule has 0 aliphatic heterocycles. The predicted molar refractivity (Wildman–Crippen MR) is 83.7 cm³/mol. The Labute approximate surface area is 129 Å². The second-order valence-corrected chi connectivity index (χ2v) is 7.56. The average molecular weight is 328 g/mol. The van der Waals surface area contributed by atoms with Crippen LogP contribution in [0.5, 0.6) is 0 Å². The summed E-state index contributed by atoms with van der Waals surface area (Å²) >= 11 is 1.56. The third-order valence-electron chi connectivity index (χ3n) is 3.16. The summed E-state index contributed by atoms with van der Waals surface area (Å²) in [6.07, 6.45) is 0. The maximum Gasteiger partial charge on any atom is 0.246 e. The highest BCUT2D eigenvalue weighted by molar-refractivity contribution is 7.89. The smallest absolute Gasteiger partial charge is 0.246 e. The zero-order valence-corrected chi connectivity index (χ0v) is 14.0. The number of rotatable bonds is 7. The molecule has 0 unspecified atom stereocenters. The van der Waals surface area contributed by atoms with Crippen LogP contribution in [-0.2, 0) is 23.1 Å². The lowest BCUT2D eigenvalue weighted by Crippen LogP contribution is -2.28. The van der Waals surface area contributed by atoms with E-state index in [0.29, 0.717) is 24.5 Å². The fourth-order valence-electron chi connectivity index (χ4n) is 2.06. The lowest BCUT2D eigenvalue weighted by Gasteiger charge is -2.17. The van der Waals surface area contributed by atoms with E-state index in [1.165, 1.54) is 4.31 Å². The van der Waals surface area contributed by atoms with Gasteiger partial charge in [0.25, 0.3) is 0 Å². The van der Waals surface area contributed by atoms with Crippen LogP contribution in [0, 0.1) is 6.92 Å². The van der Waals surface area contributed by atoms with Crippen LogP contribution in [0.2, 0.25) is 0 Å². The van der Waals surface area contributed by atoms with Crippen molar-refractivity contribution in [3.05, 3.63) is 33.8 Å². The Morgan fingerprint density at radius 2 is 2.24 bits per heavy atom. The van der Waals surface area contributed by atoms with Crippen LogP contribution in [0.15, 0.2) is 21.7 Å². The first-order valence-electron chi connectivity index (χ1n) is 6.68. The maximum absolute atomic E-state index is 12.8. The van der Waals surface area contributed by atoms with E-state index in [9.17, 15) is 8.42 Å². The van der Waals surface area contributed by atoms with Gasteiger partial charge in [-0.3, -0.25) is 5.10 Å². The molecule has 0 saturated heterocycles. The summed E-state index contributed by atoms with van der Waals surface area (Å²) in [5, 5.41) is 13.9. The molecule has 0 radical (unpaired) electrons. The van der Waals surface area contributed by atoms with Crippen molar-refractivity contribution in [2.24, 2.45) is 0 Å². The normalized spacial score (nSPS) is 12.2. The van der Waals surface area contributed by atoms with E-state index in [-0.39, 0.29) is 4.90 Å². The van der Waals surface area contributed by atoms with Crippen molar-refractivity contribution < 1.29 is 8.42 Å². The van der Waals surface area contributed by atoms with Crippen LogP contribution in [0.3, 0.4) is 0 Å². The van der Waals surface area contributed by atoms with E-state index >= 15 is 0 Å². The number of nitrogens with one attached hydrogen (secondary N) is 2. The second kappa shape index (κ2) is 6.69. The number of nitrogens with zero attached hydrogens (tertiary/aromatic N) is 2. The quantitative estimate of drug-likeness (QED) is 0.811. The molecule has 0 aliphatic carbocycles. The minimum Gasteiger partial charge on any atom is -0.311 e. The number of aromatic amines is 1. The largest absolute Gasteiger partial charge is 0.311 e. The molecule has 0 aromatic carbocycles. The summed E-state index contributed by atoms with van der Waals surface area (Å²) in [5.74, 6) is 0. The first kappa shape index (κ1) is 16.2. The van der Waals surface area contributed by atoms with Crippen LogP contribution in [0.4, 0.5) is 0 Å². The van der Waals surface area contributed by atoms with Crippen LogP contribution < -0.4 is 5.32 Å². The highest BCUT2D eigenvalue weighted by Gasteiger charge is 2.28. The zero-order valence-electron chi connectivity index (χ0n) is 12.4. The highest BCUT2D eigenvalue weighted by Crippen LogP contribution is 2.23. The molecule has 0 aliphatic rings. The summed E-state index contributed by atoms with van der Waals surface area (Å²) < 4.78 is 26.9. The monoisotopic (exact) mass is 328 g/mol. The molecule has 8 heteroatoms. The first-order chi connectivity index (χ1) is 9.96.